The van der Waals surface area contributed by atoms with Crippen LogP contribution in [-0.4, -0.2) is 24.8 Å². The largest absolute Gasteiger partial charge is 0.378 e. The molecule has 0 aliphatic heterocycles. The average molecular weight is 225 g/mol. The van der Waals surface area contributed by atoms with Crippen molar-refractivity contribution in [1.82, 2.24) is 5.32 Å². The minimum atomic E-state index is 0.534. The van der Waals surface area contributed by atoms with E-state index in [2.05, 4.69) is 33.0 Å². The van der Waals surface area contributed by atoms with Gasteiger partial charge >= 0.3 is 0 Å². The van der Waals surface area contributed by atoms with E-state index in [1.54, 1.807) is 0 Å². The van der Waals surface area contributed by atoms with Crippen molar-refractivity contribution in [1.29, 1.82) is 0 Å². The van der Waals surface area contributed by atoms with Crippen LogP contribution >= 0.6 is 0 Å². The summed E-state index contributed by atoms with van der Waals surface area (Å²) in [6, 6.07) is 1.46. The molecule has 2 saturated carbocycles. The third-order valence-electron chi connectivity index (χ3n) is 4.28. The highest BCUT2D eigenvalue weighted by Crippen LogP contribution is 2.41. The molecule has 0 bridgehead atoms. The fourth-order valence-corrected chi connectivity index (χ4v) is 3.49. The molecule has 94 valence electrons. The van der Waals surface area contributed by atoms with E-state index in [-0.39, 0.29) is 0 Å². The molecule has 0 radical (unpaired) electrons. The molecule has 16 heavy (non-hydrogen) atoms. The van der Waals surface area contributed by atoms with Gasteiger partial charge in [0.15, 0.2) is 0 Å². The molecule has 1 N–H and O–H groups in total. The fraction of sp³-hybridized carbons (Fsp3) is 1.00. The lowest BCUT2D eigenvalue weighted by Gasteiger charge is -2.38. The Bertz CT molecular complexity index is 233. The van der Waals surface area contributed by atoms with E-state index in [1.165, 1.54) is 25.7 Å². The molecule has 0 spiro atoms. The monoisotopic (exact) mass is 225 g/mol. The van der Waals surface area contributed by atoms with Gasteiger partial charge in [-0.25, -0.2) is 0 Å². The van der Waals surface area contributed by atoms with Gasteiger partial charge in [0.05, 0.1) is 6.10 Å². The third kappa shape index (κ3) is 2.78. The van der Waals surface area contributed by atoms with Gasteiger partial charge in [0.1, 0.15) is 0 Å². The molecule has 0 aromatic heterocycles. The third-order valence-corrected chi connectivity index (χ3v) is 4.28. The summed E-state index contributed by atoms with van der Waals surface area (Å²) in [6.45, 7) is 10.1. The standard InChI is InChI=1S/C14H27NO/c1-5-16-12-6-11(7-12)15-13-9-14(3,4)8-10(13)2/h10-13,15H,5-9H2,1-4H3. The van der Waals surface area contributed by atoms with Crippen molar-refractivity contribution in [3.05, 3.63) is 0 Å². The van der Waals surface area contributed by atoms with Crippen molar-refractivity contribution in [2.75, 3.05) is 6.61 Å². The van der Waals surface area contributed by atoms with Crippen LogP contribution in [0.1, 0.15) is 53.4 Å². The Morgan fingerprint density at radius 2 is 1.94 bits per heavy atom. The Labute approximate surface area is 100 Å². The van der Waals surface area contributed by atoms with Crippen molar-refractivity contribution in [3.63, 3.8) is 0 Å². The zero-order valence-corrected chi connectivity index (χ0v) is 11.3. The minimum Gasteiger partial charge on any atom is -0.378 e. The number of hydrogen-bond acceptors (Lipinski definition) is 2. The first-order chi connectivity index (χ1) is 7.50. The number of hydrogen-bond donors (Lipinski definition) is 1. The van der Waals surface area contributed by atoms with Gasteiger partial charge in [-0.05, 0) is 43.9 Å². The van der Waals surface area contributed by atoms with E-state index < -0.39 is 0 Å². The zero-order chi connectivity index (χ0) is 11.8. The van der Waals surface area contributed by atoms with Crippen molar-refractivity contribution >= 4 is 0 Å². The summed E-state index contributed by atoms with van der Waals surface area (Å²) < 4.78 is 5.60. The maximum Gasteiger partial charge on any atom is 0.0604 e. The van der Waals surface area contributed by atoms with E-state index in [0.29, 0.717) is 11.5 Å². The minimum absolute atomic E-state index is 0.534. The molecule has 0 amide bonds. The predicted molar refractivity (Wildman–Crippen MR) is 67.5 cm³/mol. The molecule has 2 aliphatic carbocycles. The Balaban J connectivity index is 1.72. The molecular weight excluding hydrogens is 198 g/mol. The second-order valence-corrected chi connectivity index (χ2v) is 6.57. The van der Waals surface area contributed by atoms with E-state index in [9.17, 15) is 0 Å². The number of ether oxygens (including phenoxy) is 1. The molecule has 0 saturated heterocycles. The topological polar surface area (TPSA) is 21.3 Å². The first-order valence-electron chi connectivity index (χ1n) is 6.88. The summed E-state index contributed by atoms with van der Waals surface area (Å²) in [5, 5.41) is 3.83. The van der Waals surface area contributed by atoms with Crippen LogP contribution in [0.4, 0.5) is 0 Å². The van der Waals surface area contributed by atoms with Gasteiger partial charge in [-0.15, -0.1) is 0 Å². The Hall–Kier alpha value is -0.0800. The number of nitrogens with one attached hydrogen (secondary N) is 1. The molecule has 2 unspecified atom stereocenters. The molecule has 0 aromatic carbocycles. The fourth-order valence-electron chi connectivity index (χ4n) is 3.49. The molecule has 2 rings (SSSR count). The van der Waals surface area contributed by atoms with Gasteiger partial charge in [-0.1, -0.05) is 20.8 Å². The Kier molecular flexibility index (Phi) is 3.60. The van der Waals surface area contributed by atoms with E-state index in [1.807, 2.05) is 0 Å². The lowest BCUT2D eigenvalue weighted by Crippen LogP contribution is -2.50. The first kappa shape index (κ1) is 12.4. The molecule has 2 heteroatoms. The van der Waals surface area contributed by atoms with Gasteiger partial charge in [0.2, 0.25) is 0 Å². The van der Waals surface area contributed by atoms with E-state index in [0.717, 1.165) is 24.6 Å². The summed E-state index contributed by atoms with van der Waals surface area (Å²) >= 11 is 0. The first-order valence-corrected chi connectivity index (χ1v) is 6.88. The van der Waals surface area contributed by atoms with Crippen LogP contribution in [0.25, 0.3) is 0 Å². The van der Waals surface area contributed by atoms with Gasteiger partial charge < -0.3 is 10.1 Å². The van der Waals surface area contributed by atoms with Crippen LogP contribution in [0, 0.1) is 11.3 Å². The van der Waals surface area contributed by atoms with Crippen LogP contribution in [0.15, 0.2) is 0 Å². The number of rotatable bonds is 4. The molecule has 2 nitrogen and oxygen atoms in total. The molecule has 0 aromatic rings. The van der Waals surface area contributed by atoms with Crippen LogP contribution in [0.5, 0.6) is 0 Å². The van der Waals surface area contributed by atoms with Crippen molar-refractivity contribution in [2.24, 2.45) is 11.3 Å². The Morgan fingerprint density at radius 1 is 1.25 bits per heavy atom. The lowest BCUT2D eigenvalue weighted by atomic mass is 9.87. The Morgan fingerprint density at radius 3 is 2.44 bits per heavy atom. The predicted octanol–water partition coefficient (Wildman–Crippen LogP) is 2.97. The molecule has 2 aliphatic rings. The zero-order valence-electron chi connectivity index (χ0n) is 11.3. The van der Waals surface area contributed by atoms with Gasteiger partial charge in [0.25, 0.3) is 0 Å². The smallest absolute Gasteiger partial charge is 0.0604 e. The van der Waals surface area contributed by atoms with Crippen molar-refractivity contribution < 1.29 is 4.74 Å². The summed E-state index contributed by atoms with van der Waals surface area (Å²) in [6.07, 6.45) is 5.68. The summed E-state index contributed by atoms with van der Waals surface area (Å²) in [7, 11) is 0. The van der Waals surface area contributed by atoms with Crippen LogP contribution in [0.3, 0.4) is 0 Å². The van der Waals surface area contributed by atoms with E-state index in [4.69, 9.17) is 4.74 Å². The van der Waals surface area contributed by atoms with Crippen LogP contribution in [0.2, 0.25) is 0 Å². The summed E-state index contributed by atoms with van der Waals surface area (Å²) in [5.74, 6) is 0.834. The maximum atomic E-state index is 5.60. The SMILES string of the molecule is CCOC1CC(NC2CC(C)(C)CC2C)C1. The molecular formula is C14H27NO. The van der Waals surface area contributed by atoms with E-state index >= 15 is 0 Å². The van der Waals surface area contributed by atoms with Gasteiger partial charge in [0, 0.05) is 18.7 Å². The van der Waals surface area contributed by atoms with Crippen LogP contribution in [-0.2, 0) is 4.74 Å². The molecule has 2 atom stereocenters. The van der Waals surface area contributed by atoms with Crippen LogP contribution < -0.4 is 5.32 Å². The lowest BCUT2D eigenvalue weighted by molar-refractivity contribution is -0.0133. The maximum absolute atomic E-state index is 5.60. The highest BCUT2D eigenvalue weighted by atomic mass is 16.5. The van der Waals surface area contributed by atoms with Gasteiger partial charge in [-0.3, -0.25) is 0 Å². The second-order valence-electron chi connectivity index (χ2n) is 6.57. The second kappa shape index (κ2) is 4.66. The highest BCUT2D eigenvalue weighted by Gasteiger charge is 2.39. The molecule has 2 fully saturated rings. The quantitative estimate of drug-likeness (QED) is 0.794. The average Bonchev–Trinajstić information content (AvgIpc) is 2.36. The molecule has 0 heterocycles. The summed E-state index contributed by atoms with van der Waals surface area (Å²) in [4.78, 5) is 0. The van der Waals surface area contributed by atoms with Gasteiger partial charge in [-0.2, -0.15) is 0 Å². The normalized spacial score (nSPS) is 42.0. The van der Waals surface area contributed by atoms with Crippen molar-refractivity contribution in [3.8, 4) is 0 Å². The van der Waals surface area contributed by atoms with Crippen molar-refractivity contribution in [2.45, 2.75) is 71.6 Å². The summed E-state index contributed by atoms with van der Waals surface area (Å²) in [5.41, 5.74) is 0.542. The highest BCUT2D eigenvalue weighted by molar-refractivity contribution is 4.96.